The maximum Gasteiger partial charge on any atom is 0.308 e. The highest BCUT2D eigenvalue weighted by Gasteiger charge is 2.40. The van der Waals surface area contributed by atoms with Crippen molar-refractivity contribution in [1.82, 2.24) is 14.1 Å². The Morgan fingerprint density at radius 3 is 2.67 bits per heavy atom. The predicted molar refractivity (Wildman–Crippen MR) is 76.3 cm³/mol. The second-order valence-corrected chi connectivity index (χ2v) is 7.58. The van der Waals surface area contributed by atoms with Crippen molar-refractivity contribution in [3.63, 3.8) is 0 Å². The van der Waals surface area contributed by atoms with Gasteiger partial charge in [0.15, 0.2) is 0 Å². The van der Waals surface area contributed by atoms with Crippen LogP contribution >= 0.6 is 0 Å². The van der Waals surface area contributed by atoms with Crippen molar-refractivity contribution in [2.24, 2.45) is 5.92 Å². The number of aliphatic carboxylic acids is 1. The van der Waals surface area contributed by atoms with E-state index >= 15 is 0 Å². The Balaban J connectivity index is 2.31. The Morgan fingerprint density at radius 1 is 1.48 bits per heavy atom. The predicted octanol–water partition coefficient (Wildman–Crippen LogP) is 1.34. The zero-order valence-electron chi connectivity index (χ0n) is 12.4. The fraction of sp³-hybridized carbons (Fsp3) is 0.692. The summed E-state index contributed by atoms with van der Waals surface area (Å²) in [5.41, 5.74) is 0. The van der Waals surface area contributed by atoms with Crippen molar-refractivity contribution in [1.29, 1.82) is 0 Å². The summed E-state index contributed by atoms with van der Waals surface area (Å²) < 4.78 is 28.2. The molecule has 1 aliphatic heterocycles. The second-order valence-electron chi connectivity index (χ2n) is 5.69. The Labute approximate surface area is 124 Å². The molecule has 1 saturated heterocycles. The highest BCUT2D eigenvalue weighted by molar-refractivity contribution is 7.89. The van der Waals surface area contributed by atoms with Crippen LogP contribution in [0.15, 0.2) is 17.3 Å². The van der Waals surface area contributed by atoms with E-state index in [0.29, 0.717) is 19.4 Å². The van der Waals surface area contributed by atoms with E-state index in [-0.39, 0.29) is 10.9 Å². The van der Waals surface area contributed by atoms with Crippen molar-refractivity contribution >= 4 is 16.0 Å². The van der Waals surface area contributed by atoms with Crippen LogP contribution in [-0.4, -0.2) is 46.2 Å². The molecule has 8 heteroatoms. The van der Waals surface area contributed by atoms with Gasteiger partial charge < -0.3 is 5.11 Å². The molecule has 0 unspecified atom stereocenters. The Kier molecular flexibility index (Phi) is 4.38. The lowest BCUT2D eigenvalue weighted by molar-refractivity contribution is -0.144. The van der Waals surface area contributed by atoms with E-state index in [4.69, 9.17) is 0 Å². The number of carbonyl (C=O) groups is 1. The van der Waals surface area contributed by atoms with Crippen LogP contribution in [0.5, 0.6) is 0 Å². The average Bonchev–Trinajstić information content (AvgIpc) is 2.88. The van der Waals surface area contributed by atoms with E-state index in [2.05, 4.69) is 5.10 Å². The van der Waals surface area contributed by atoms with Crippen molar-refractivity contribution in [3.8, 4) is 0 Å². The molecular formula is C13H21N3O4S. The molecule has 118 valence electrons. The zero-order chi connectivity index (χ0) is 15.8. The van der Waals surface area contributed by atoms with E-state index in [1.54, 1.807) is 11.6 Å². The number of piperidine rings is 1. The Morgan fingerprint density at radius 2 is 2.14 bits per heavy atom. The van der Waals surface area contributed by atoms with E-state index in [1.807, 2.05) is 13.8 Å². The van der Waals surface area contributed by atoms with Crippen molar-refractivity contribution in [3.05, 3.63) is 12.4 Å². The van der Waals surface area contributed by atoms with E-state index in [1.165, 1.54) is 16.7 Å². The fourth-order valence-electron chi connectivity index (χ4n) is 2.65. The van der Waals surface area contributed by atoms with Crippen LogP contribution in [0.3, 0.4) is 0 Å². The fourth-order valence-corrected chi connectivity index (χ4v) is 4.30. The maximum atomic E-state index is 12.7. The number of hydrogen-bond donors (Lipinski definition) is 1. The molecule has 21 heavy (non-hydrogen) atoms. The first-order chi connectivity index (χ1) is 9.75. The summed E-state index contributed by atoms with van der Waals surface area (Å²) in [6.45, 7) is 5.82. The van der Waals surface area contributed by atoms with Crippen LogP contribution in [0, 0.1) is 5.92 Å². The molecular weight excluding hydrogens is 294 g/mol. The molecule has 1 aromatic heterocycles. The molecule has 0 amide bonds. The van der Waals surface area contributed by atoms with Gasteiger partial charge in [-0.15, -0.1) is 0 Å². The van der Waals surface area contributed by atoms with Crippen LogP contribution in [0.25, 0.3) is 0 Å². The highest BCUT2D eigenvalue weighted by atomic mass is 32.2. The van der Waals surface area contributed by atoms with Crippen molar-refractivity contribution in [2.45, 2.75) is 50.6 Å². The quantitative estimate of drug-likeness (QED) is 0.905. The molecule has 0 aliphatic carbocycles. The number of hydrogen-bond acceptors (Lipinski definition) is 4. The molecule has 2 heterocycles. The lowest BCUT2D eigenvalue weighted by Crippen LogP contribution is -2.48. The van der Waals surface area contributed by atoms with Crippen LogP contribution in [0.1, 0.15) is 39.7 Å². The average molecular weight is 315 g/mol. The van der Waals surface area contributed by atoms with Gasteiger partial charge in [0.2, 0.25) is 10.0 Å². The third-order valence-electron chi connectivity index (χ3n) is 3.96. The minimum atomic E-state index is -3.70. The van der Waals surface area contributed by atoms with Gasteiger partial charge in [-0.2, -0.15) is 9.40 Å². The van der Waals surface area contributed by atoms with Crippen LogP contribution < -0.4 is 0 Å². The second kappa shape index (κ2) is 5.76. The third-order valence-corrected chi connectivity index (χ3v) is 5.90. The van der Waals surface area contributed by atoms with E-state index < -0.39 is 28.0 Å². The third kappa shape index (κ3) is 2.96. The molecule has 0 radical (unpaired) electrons. The van der Waals surface area contributed by atoms with Gasteiger partial charge in [-0.05, 0) is 33.6 Å². The molecule has 2 atom stereocenters. The smallest absolute Gasteiger partial charge is 0.308 e. The summed E-state index contributed by atoms with van der Waals surface area (Å²) in [5, 5.41) is 13.3. The number of carboxylic acids is 1. The number of sulfonamides is 1. The van der Waals surface area contributed by atoms with Gasteiger partial charge in [-0.3, -0.25) is 9.48 Å². The van der Waals surface area contributed by atoms with Crippen molar-refractivity contribution in [2.75, 3.05) is 6.54 Å². The van der Waals surface area contributed by atoms with Gasteiger partial charge in [-0.1, -0.05) is 0 Å². The minimum absolute atomic E-state index is 0.0690. The molecule has 1 aliphatic rings. The molecule has 1 aromatic rings. The highest BCUT2D eigenvalue weighted by Crippen LogP contribution is 2.29. The summed E-state index contributed by atoms with van der Waals surface area (Å²) in [5.74, 6) is -1.60. The summed E-state index contributed by atoms with van der Waals surface area (Å²) >= 11 is 0. The normalized spacial score (nSPS) is 24.4. The number of aromatic nitrogens is 2. The van der Waals surface area contributed by atoms with Crippen LogP contribution in [0.4, 0.5) is 0 Å². The van der Waals surface area contributed by atoms with Gasteiger partial charge in [0.25, 0.3) is 0 Å². The molecule has 0 bridgehead atoms. The summed E-state index contributed by atoms with van der Waals surface area (Å²) in [4.78, 5) is 11.3. The minimum Gasteiger partial charge on any atom is -0.481 e. The van der Waals surface area contributed by atoms with Gasteiger partial charge in [0.05, 0.1) is 12.1 Å². The maximum absolute atomic E-state index is 12.7. The first-order valence-electron chi connectivity index (χ1n) is 7.04. The zero-order valence-corrected chi connectivity index (χ0v) is 13.2. The van der Waals surface area contributed by atoms with Crippen molar-refractivity contribution < 1.29 is 18.3 Å². The molecule has 1 fully saturated rings. The monoisotopic (exact) mass is 315 g/mol. The molecule has 0 aromatic carbocycles. The largest absolute Gasteiger partial charge is 0.481 e. The van der Waals surface area contributed by atoms with Crippen LogP contribution in [0.2, 0.25) is 0 Å². The summed E-state index contributed by atoms with van der Waals surface area (Å²) in [7, 11) is -3.70. The number of rotatable bonds is 4. The first-order valence-corrected chi connectivity index (χ1v) is 8.48. The lowest BCUT2D eigenvalue weighted by Gasteiger charge is -2.36. The lowest BCUT2D eigenvalue weighted by atomic mass is 9.92. The van der Waals surface area contributed by atoms with Gasteiger partial charge in [-0.25, -0.2) is 8.42 Å². The summed E-state index contributed by atoms with van der Waals surface area (Å²) in [6.07, 6.45) is 3.89. The Hall–Kier alpha value is -1.41. The molecule has 0 saturated carbocycles. The van der Waals surface area contributed by atoms with Crippen LogP contribution in [-0.2, 0) is 14.8 Å². The van der Waals surface area contributed by atoms with E-state index in [0.717, 1.165) is 0 Å². The summed E-state index contributed by atoms with van der Waals surface area (Å²) in [6, 6.07) is -0.483. The molecule has 1 N–H and O–H groups in total. The molecule has 0 spiro atoms. The van der Waals surface area contributed by atoms with E-state index in [9.17, 15) is 18.3 Å². The molecule has 7 nitrogen and oxygen atoms in total. The van der Waals surface area contributed by atoms with Gasteiger partial charge >= 0.3 is 5.97 Å². The number of carboxylic acid groups (broad SMARTS) is 1. The number of nitrogens with zero attached hydrogens (tertiary/aromatic N) is 3. The van der Waals surface area contributed by atoms with Gasteiger partial charge in [0.1, 0.15) is 4.90 Å². The standard InChI is InChI=1S/C13H21N3O4S/c1-9(2)15-8-11(7-14-15)21(19,20)16-6-4-5-12(10(16)3)13(17)18/h7-10,12H,4-6H2,1-3H3,(H,17,18)/t10-,12-/m0/s1. The SMILES string of the molecule is CC(C)n1cc(S(=O)(=O)N2CCC[C@H](C(=O)O)[C@@H]2C)cn1. The van der Waals surface area contributed by atoms with Gasteiger partial charge in [0, 0.05) is 24.8 Å². The molecule has 2 rings (SSSR count). The topological polar surface area (TPSA) is 92.5 Å². The first kappa shape index (κ1) is 16.0. The Bertz CT molecular complexity index is 623.